The van der Waals surface area contributed by atoms with Crippen LogP contribution in [-0.4, -0.2) is 68.8 Å². The van der Waals surface area contributed by atoms with Crippen LogP contribution in [0.2, 0.25) is 0 Å². The molecule has 176 valence electrons. The van der Waals surface area contributed by atoms with Crippen molar-refractivity contribution >= 4 is 27.5 Å². The molecule has 2 aromatic carbocycles. The molecule has 4 rings (SSSR count). The fourth-order valence-electron chi connectivity index (χ4n) is 4.01. The Morgan fingerprint density at radius 3 is 2.61 bits per heavy atom. The van der Waals surface area contributed by atoms with Crippen molar-refractivity contribution < 1.29 is 27.5 Å². The van der Waals surface area contributed by atoms with Crippen molar-refractivity contribution in [2.75, 3.05) is 38.6 Å². The minimum atomic E-state index is -3.79. The van der Waals surface area contributed by atoms with Crippen LogP contribution in [0, 0.1) is 6.92 Å². The standard InChI is InChI=1S/C23H27N3O6S/c1-15-11-19-20(32-16(2)23(28)24-19)14-21(15)33(29,30)26-9-7-25(8-10-26)22(27)13-17-5-4-6-18(12-17)31-3/h4-6,11-12,14,16H,7-10,13H2,1-3H3,(H,24,28). The van der Waals surface area contributed by atoms with Gasteiger partial charge in [0.15, 0.2) is 6.10 Å². The molecule has 0 radical (unpaired) electrons. The maximum atomic E-state index is 13.3. The molecular weight excluding hydrogens is 446 g/mol. The van der Waals surface area contributed by atoms with Crippen LogP contribution < -0.4 is 14.8 Å². The van der Waals surface area contributed by atoms with Crippen LogP contribution in [0.25, 0.3) is 0 Å². The topological polar surface area (TPSA) is 105 Å². The van der Waals surface area contributed by atoms with Crippen molar-refractivity contribution in [1.29, 1.82) is 0 Å². The van der Waals surface area contributed by atoms with Crippen molar-refractivity contribution in [3.8, 4) is 11.5 Å². The third kappa shape index (κ3) is 4.67. The Morgan fingerprint density at radius 2 is 1.91 bits per heavy atom. The van der Waals surface area contributed by atoms with Crippen molar-refractivity contribution in [2.45, 2.75) is 31.3 Å². The summed E-state index contributed by atoms with van der Waals surface area (Å²) in [6.07, 6.45) is -0.468. The summed E-state index contributed by atoms with van der Waals surface area (Å²) in [5, 5.41) is 2.73. The van der Waals surface area contributed by atoms with E-state index in [-0.39, 0.29) is 36.2 Å². The molecule has 0 aromatic heterocycles. The van der Waals surface area contributed by atoms with Crippen LogP contribution in [0.5, 0.6) is 11.5 Å². The van der Waals surface area contributed by atoms with E-state index in [9.17, 15) is 18.0 Å². The zero-order valence-corrected chi connectivity index (χ0v) is 19.6. The number of nitrogens with one attached hydrogen (secondary N) is 1. The first kappa shape index (κ1) is 23.1. The Bertz CT molecular complexity index is 1190. The number of anilines is 1. The molecule has 2 heterocycles. The van der Waals surface area contributed by atoms with Gasteiger partial charge in [-0.2, -0.15) is 4.31 Å². The smallest absolute Gasteiger partial charge is 0.265 e. The predicted octanol–water partition coefficient (Wildman–Crippen LogP) is 1.80. The molecular formula is C23H27N3O6S. The lowest BCUT2D eigenvalue weighted by Gasteiger charge is -2.34. The van der Waals surface area contributed by atoms with Gasteiger partial charge in [-0.15, -0.1) is 0 Å². The summed E-state index contributed by atoms with van der Waals surface area (Å²) >= 11 is 0. The van der Waals surface area contributed by atoms with Gasteiger partial charge in [-0.1, -0.05) is 12.1 Å². The minimum Gasteiger partial charge on any atom is -0.497 e. The van der Waals surface area contributed by atoms with Crippen LogP contribution in [0.15, 0.2) is 41.3 Å². The van der Waals surface area contributed by atoms with Crippen LogP contribution in [0.1, 0.15) is 18.1 Å². The van der Waals surface area contributed by atoms with Gasteiger partial charge >= 0.3 is 0 Å². The average molecular weight is 474 g/mol. The number of methoxy groups -OCH3 is 1. The molecule has 2 aromatic rings. The van der Waals surface area contributed by atoms with Crippen molar-refractivity contribution in [2.24, 2.45) is 0 Å². The Hall–Kier alpha value is -3.11. The van der Waals surface area contributed by atoms with Crippen molar-refractivity contribution in [3.05, 3.63) is 47.5 Å². The van der Waals surface area contributed by atoms with E-state index >= 15 is 0 Å². The average Bonchev–Trinajstić information content (AvgIpc) is 2.80. The van der Waals surface area contributed by atoms with Crippen molar-refractivity contribution in [1.82, 2.24) is 9.21 Å². The van der Waals surface area contributed by atoms with E-state index in [2.05, 4.69) is 5.32 Å². The second-order valence-electron chi connectivity index (χ2n) is 8.18. The molecule has 10 heteroatoms. The van der Waals surface area contributed by atoms with E-state index in [1.165, 1.54) is 10.4 Å². The van der Waals surface area contributed by atoms with Gasteiger partial charge in [0.05, 0.1) is 24.1 Å². The van der Waals surface area contributed by atoms with E-state index in [4.69, 9.17) is 9.47 Å². The Balaban J connectivity index is 1.44. The zero-order valence-electron chi connectivity index (χ0n) is 18.8. The number of carbonyl (C=O) groups is 2. The van der Waals surface area contributed by atoms with Crippen molar-refractivity contribution in [3.63, 3.8) is 0 Å². The number of aryl methyl sites for hydroxylation is 1. The fraction of sp³-hybridized carbons (Fsp3) is 0.391. The number of rotatable bonds is 5. The molecule has 0 aliphatic carbocycles. The second-order valence-corrected chi connectivity index (χ2v) is 10.1. The van der Waals surface area contributed by atoms with Gasteiger partial charge in [0.2, 0.25) is 15.9 Å². The molecule has 1 atom stereocenters. The highest BCUT2D eigenvalue weighted by Crippen LogP contribution is 2.35. The molecule has 0 saturated carbocycles. The van der Waals surface area contributed by atoms with Crippen LogP contribution in [0.3, 0.4) is 0 Å². The van der Waals surface area contributed by atoms with Gasteiger partial charge in [-0.25, -0.2) is 8.42 Å². The normalized spacial score (nSPS) is 18.8. The second kappa shape index (κ2) is 9.03. The molecule has 1 saturated heterocycles. The number of hydrogen-bond donors (Lipinski definition) is 1. The van der Waals surface area contributed by atoms with Gasteiger partial charge in [0.25, 0.3) is 5.91 Å². The number of carbonyl (C=O) groups excluding carboxylic acids is 2. The highest BCUT2D eigenvalue weighted by atomic mass is 32.2. The van der Waals surface area contributed by atoms with Gasteiger partial charge in [-0.05, 0) is 43.2 Å². The number of amides is 2. The Morgan fingerprint density at radius 1 is 1.18 bits per heavy atom. The van der Waals surface area contributed by atoms with Crippen LogP contribution in [0.4, 0.5) is 5.69 Å². The summed E-state index contributed by atoms with van der Waals surface area (Å²) in [6, 6.07) is 10.4. The van der Waals surface area contributed by atoms with E-state index in [0.717, 1.165) is 5.56 Å². The SMILES string of the molecule is COc1cccc(CC(=O)N2CCN(S(=O)(=O)c3cc4c(cc3C)NC(=O)C(C)O4)CC2)c1. The lowest BCUT2D eigenvalue weighted by molar-refractivity contribution is -0.131. The Labute approximate surface area is 193 Å². The zero-order chi connectivity index (χ0) is 23.8. The first-order valence-corrected chi connectivity index (χ1v) is 12.2. The summed E-state index contributed by atoms with van der Waals surface area (Å²) in [5.41, 5.74) is 1.83. The van der Waals surface area contributed by atoms with Crippen LogP contribution in [-0.2, 0) is 26.0 Å². The summed E-state index contributed by atoms with van der Waals surface area (Å²) in [6.45, 7) is 4.33. The summed E-state index contributed by atoms with van der Waals surface area (Å²) in [4.78, 5) is 26.4. The Kier molecular flexibility index (Phi) is 6.31. The highest BCUT2D eigenvalue weighted by molar-refractivity contribution is 7.89. The lowest BCUT2D eigenvalue weighted by atomic mass is 10.1. The maximum Gasteiger partial charge on any atom is 0.265 e. The van der Waals surface area contributed by atoms with E-state index in [1.807, 2.05) is 24.3 Å². The summed E-state index contributed by atoms with van der Waals surface area (Å²) in [5.74, 6) is 0.698. The number of sulfonamides is 1. The lowest BCUT2D eigenvalue weighted by Crippen LogP contribution is -2.51. The monoisotopic (exact) mass is 473 g/mol. The molecule has 2 aliphatic rings. The van der Waals surface area contributed by atoms with E-state index in [0.29, 0.717) is 35.8 Å². The maximum absolute atomic E-state index is 13.3. The first-order chi connectivity index (χ1) is 15.7. The molecule has 1 unspecified atom stereocenters. The number of benzene rings is 2. The number of nitrogens with zero attached hydrogens (tertiary/aromatic N) is 2. The third-order valence-electron chi connectivity index (χ3n) is 5.91. The molecule has 2 amide bonds. The number of hydrogen-bond acceptors (Lipinski definition) is 6. The largest absolute Gasteiger partial charge is 0.497 e. The molecule has 33 heavy (non-hydrogen) atoms. The molecule has 2 aliphatic heterocycles. The minimum absolute atomic E-state index is 0.0524. The van der Waals surface area contributed by atoms with Gasteiger partial charge in [0, 0.05) is 32.2 Å². The third-order valence-corrected chi connectivity index (χ3v) is 7.95. The van der Waals surface area contributed by atoms with E-state index < -0.39 is 16.1 Å². The number of fused-ring (bicyclic) bond motifs is 1. The molecule has 1 fully saturated rings. The predicted molar refractivity (Wildman–Crippen MR) is 122 cm³/mol. The van der Waals surface area contributed by atoms with Gasteiger partial charge < -0.3 is 19.7 Å². The highest BCUT2D eigenvalue weighted by Gasteiger charge is 2.33. The molecule has 1 N–H and O–H groups in total. The summed E-state index contributed by atoms with van der Waals surface area (Å²) < 4.78 is 38.9. The fourth-order valence-corrected chi connectivity index (χ4v) is 5.65. The number of ether oxygens (including phenoxy) is 2. The van der Waals surface area contributed by atoms with Gasteiger partial charge in [0.1, 0.15) is 11.5 Å². The van der Waals surface area contributed by atoms with Crippen LogP contribution >= 0.6 is 0 Å². The van der Waals surface area contributed by atoms with Gasteiger partial charge in [-0.3, -0.25) is 9.59 Å². The van der Waals surface area contributed by atoms with E-state index in [1.54, 1.807) is 31.9 Å². The molecule has 0 spiro atoms. The number of piperazine rings is 1. The molecule has 9 nitrogen and oxygen atoms in total. The summed E-state index contributed by atoms with van der Waals surface area (Å²) in [7, 11) is -2.21. The molecule has 0 bridgehead atoms. The first-order valence-electron chi connectivity index (χ1n) is 10.7. The quantitative estimate of drug-likeness (QED) is 0.710.